The second kappa shape index (κ2) is 4.94. The molecule has 1 aromatic rings. The molecule has 0 aromatic heterocycles. The van der Waals surface area contributed by atoms with Gasteiger partial charge in [0, 0.05) is 0 Å². The first kappa shape index (κ1) is 10.9. The first-order valence-corrected chi connectivity index (χ1v) is 4.99. The zero-order valence-corrected chi connectivity index (χ0v) is 8.61. The standard InChI is InChI=1S/C11H12FNO3/c12-8-1-3-10(4-2-8)16-7-11(14)13-9-5-15-6-9/h1-4,9H,5-7H2,(H,13,14). The summed E-state index contributed by atoms with van der Waals surface area (Å²) in [5.41, 5.74) is 0. The quantitative estimate of drug-likeness (QED) is 0.821. The number of benzene rings is 1. The number of nitrogens with one attached hydrogen (secondary N) is 1. The molecule has 1 saturated heterocycles. The van der Waals surface area contributed by atoms with Crippen LogP contribution in [0.5, 0.6) is 5.75 Å². The lowest BCUT2D eigenvalue weighted by molar-refractivity contribution is -0.127. The predicted octanol–water partition coefficient (Wildman–Crippen LogP) is 0.719. The molecule has 86 valence electrons. The van der Waals surface area contributed by atoms with Crippen LogP contribution < -0.4 is 10.1 Å². The van der Waals surface area contributed by atoms with Crippen LogP contribution in [0, 0.1) is 5.82 Å². The number of carbonyl (C=O) groups is 1. The molecule has 0 saturated carbocycles. The van der Waals surface area contributed by atoms with E-state index in [1.54, 1.807) is 0 Å². The largest absolute Gasteiger partial charge is 0.484 e. The monoisotopic (exact) mass is 225 g/mol. The molecule has 5 heteroatoms. The molecule has 0 atom stereocenters. The van der Waals surface area contributed by atoms with Crippen LogP contribution in [0.1, 0.15) is 0 Å². The number of ether oxygens (including phenoxy) is 2. The van der Waals surface area contributed by atoms with Crippen LogP contribution in [0.25, 0.3) is 0 Å². The minimum atomic E-state index is -0.330. The van der Waals surface area contributed by atoms with Crippen LogP contribution in [0.15, 0.2) is 24.3 Å². The van der Waals surface area contributed by atoms with Crippen LogP contribution in [-0.2, 0) is 9.53 Å². The maximum absolute atomic E-state index is 12.6. The summed E-state index contributed by atoms with van der Waals surface area (Å²) in [6.45, 7) is 1.05. The van der Waals surface area contributed by atoms with Gasteiger partial charge in [0.15, 0.2) is 6.61 Å². The van der Waals surface area contributed by atoms with E-state index in [1.165, 1.54) is 24.3 Å². The molecule has 1 aliphatic heterocycles. The van der Waals surface area contributed by atoms with Gasteiger partial charge in [0.1, 0.15) is 11.6 Å². The van der Waals surface area contributed by atoms with Crippen LogP contribution in [0.4, 0.5) is 4.39 Å². The summed E-state index contributed by atoms with van der Waals surface area (Å²) < 4.78 is 22.6. The first-order chi connectivity index (χ1) is 7.74. The SMILES string of the molecule is O=C(COc1ccc(F)cc1)NC1COC1. The van der Waals surface area contributed by atoms with Gasteiger partial charge in [-0.3, -0.25) is 4.79 Å². The van der Waals surface area contributed by atoms with Crippen LogP contribution in [0.2, 0.25) is 0 Å². The lowest BCUT2D eigenvalue weighted by Crippen LogP contribution is -2.49. The Kier molecular flexibility index (Phi) is 3.36. The maximum Gasteiger partial charge on any atom is 0.258 e. The third kappa shape index (κ3) is 2.93. The van der Waals surface area contributed by atoms with Crippen molar-refractivity contribution in [3.8, 4) is 5.75 Å². The number of amides is 1. The van der Waals surface area contributed by atoms with Crippen molar-refractivity contribution in [2.45, 2.75) is 6.04 Å². The number of rotatable bonds is 4. The predicted molar refractivity (Wildman–Crippen MR) is 54.6 cm³/mol. The van der Waals surface area contributed by atoms with Gasteiger partial charge in [0.2, 0.25) is 0 Å². The van der Waals surface area contributed by atoms with Crippen molar-refractivity contribution >= 4 is 5.91 Å². The van der Waals surface area contributed by atoms with Crippen molar-refractivity contribution in [3.63, 3.8) is 0 Å². The van der Waals surface area contributed by atoms with Gasteiger partial charge in [-0.2, -0.15) is 0 Å². The minimum absolute atomic E-state index is 0.0673. The van der Waals surface area contributed by atoms with Gasteiger partial charge < -0.3 is 14.8 Å². The third-order valence-electron chi connectivity index (χ3n) is 2.19. The van der Waals surface area contributed by atoms with Gasteiger partial charge in [-0.15, -0.1) is 0 Å². The highest BCUT2D eigenvalue weighted by Crippen LogP contribution is 2.10. The fourth-order valence-corrected chi connectivity index (χ4v) is 1.27. The molecule has 1 heterocycles. The fraction of sp³-hybridized carbons (Fsp3) is 0.364. The third-order valence-corrected chi connectivity index (χ3v) is 2.19. The van der Waals surface area contributed by atoms with Crippen molar-refractivity contribution < 1.29 is 18.7 Å². The highest BCUT2D eigenvalue weighted by Gasteiger charge is 2.20. The summed E-state index contributed by atoms with van der Waals surface area (Å²) in [4.78, 5) is 11.3. The zero-order chi connectivity index (χ0) is 11.4. The molecule has 1 N–H and O–H groups in total. The normalized spacial score (nSPS) is 15.3. The highest BCUT2D eigenvalue weighted by atomic mass is 19.1. The molecule has 0 unspecified atom stereocenters. The van der Waals surface area contributed by atoms with Gasteiger partial charge in [-0.1, -0.05) is 0 Å². The van der Waals surface area contributed by atoms with E-state index in [0.717, 1.165) is 0 Å². The number of halogens is 1. The summed E-state index contributed by atoms with van der Waals surface area (Å²) in [6.07, 6.45) is 0. The molecule has 16 heavy (non-hydrogen) atoms. The second-order valence-electron chi connectivity index (χ2n) is 3.54. The second-order valence-corrected chi connectivity index (χ2v) is 3.54. The zero-order valence-electron chi connectivity index (χ0n) is 8.61. The van der Waals surface area contributed by atoms with Gasteiger partial charge in [0.25, 0.3) is 5.91 Å². The van der Waals surface area contributed by atoms with Crippen molar-refractivity contribution in [1.82, 2.24) is 5.32 Å². The Bertz CT molecular complexity index is 362. The Balaban J connectivity index is 1.73. The average Bonchev–Trinajstić information content (AvgIpc) is 2.23. The Morgan fingerprint density at radius 1 is 1.44 bits per heavy atom. The number of carbonyl (C=O) groups excluding carboxylic acids is 1. The summed E-state index contributed by atoms with van der Waals surface area (Å²) in [5, 5.41) is 2.73. The Labute approximate surface area is 92.4 Å². The molecular formula is C11H12FNO3. The lowest BCUT2D eigenvalue weighted by atomic mass is 10.2. The fourth-order valence-electron chi connectivity index (χ4n) is 1.27. The van der Waals surface area contributed by atoms with Gasteiger partial charge in [-0.25, -0.2) is 4.39 Å². The minimum Gasteiger partial charge on any atom is -0.484 e. The first-order valence-electron chi connectivity index (χ1n) is 4.99. The van der Waals surface area contributed by atoms with Gasteiger partial charge in [0.05, 0.1) is 19.3 Å². The van der Waals surface area contributed by atoms with Gasteiger partial charge in [-0.05, 0) is 24.3 Å². The topological polar surface area (TPSA) is 47.6 Å². The van der Waals surface area contributed by atoms with E-state index in [1.807, 2.05) is 0 Å². The van der Waals surface area contributed by atoms with Crippen LogP contribution in [-0.4, -0.2) is 31.8 Å². The molecule has 1 amide bonds. The molecule has 1 fully saturated rings. The van der Waals surface area contributed by atoms with E-state index in [9.17, 15) is 9.18 Å². The molecule has 0 aliphatic carbocycles. The van der Waals surface area contributed by atoms with E-state index in [0.29, 0.717) is 19.0 Å². The average molecular weight is 225 g/mol. The maximum atomic E-state index is 12.6. The Morgan fingerprint density at radius 3 is 2.69 bits per heavy atom. The molecule has 2 rings (SSSR count). The van der Waals surface area contributed by atoms with Crippen molar-refractivity contribution in [3.05, 3.63) is 30.1 Å². The van der Waals surface area contributed by atoms with E-state index in [2.05, 4.69) is 5.32 Å². The molecule has 1 aromatic carbocycles. The molecule has 1 aliphatic rings. The number of hydrogen-bond acceptors (Lipinski definition) is 3. The van der Waals surface area contributed by atoms with Crippen LogP contribution >= 0.6 is 0 Å². The highest BCUT2D eigenvalue weighted by molar-refractivity contribution is 5.77. The lowest BCUT2D eigenvalue weighted by Gasteiger charge is -2.26. The molecule has 0 radical (unpaired) electrons. The molecule has 0 bridgehead atoms. The smallest absolute Gasteiger partial charge is 0.258 e. The summed E-state index contributed by atoms with van der Waals surface area (Å²) in [6, 6.07) is 5.63. The summed E-state index contributed by atoms with van der Waals surface area (Å²) in [5.74, 6) is -0.0533. The van der Waals surface area contributed by atoms with E-state index in [-0.39, 0.29) is 24.4 Å². The van der Waals surface area contributed by atoms with Gasteiger partial charge >= 0.3 is 0 Å². The summed E-state index contributed by atoms with van der Waals surface area (Å²) >= 11 is 0. The number of hydrogen-bond donors (Lipinski definition) is 1. The Morgan fingerprint density at radius 2 is 2.12 bits per heavy atom. The van der Waals surface area contributed by atoms with E-state index >= 15 is 0 Å². The van der Waals surface area contributed by atoms with E-state index < -0.39 is 0 Å². The Hall–Kier alpha value is -1.62. The van der Waals surface area contributed by atoms with Crippen molar-refractivity contribution in [1.29, 1.82) is 0 Å². The molecule has 0 spiro atoms. The van der Waals surface area contributed by atoms with E-state index in [4.69, 9.17) is 9.47 Å². The summed E-state index contributed by atoms with van der Waals surface area (Å²) in [7, 11) is 0. The molecular weight excluding hydrogens is 213 g/mol. The molecule has 4 nitrogen and oxygen atoms in total. The van der Waals surface area contributed by atoms with Crippen LogP contribution in [0.3, 0.4) is 0 Å². The van der Waals surface area contributed by atoms with Crippen molar-refractivity contribution in [2.24, 2.45) is 0 Å². The van der Waals surface area contributed by atoms with Crippen molar-refractivity contribution in [2.75, 3.05) is 19.8 Å².